The number of aromatic nitrogens is 6. The first kappa shape index (κ1) is 45.0. The maximum atomic E-state index is 8.00. The molecule has 9 heteroatoms. The van der Waals surface area contributed by atoms with E-state index < -0.39 is 57.4 Å². The van der Waals surface area contributed by atoms with Crippen molar-refractivity contribution in [3.63, 3.8) is 0 Å². The number of pyridine rings is 6. The summed E-state index contributed by atoms with van der Waals surface area (Å²) in [6, 6.07) is 60.8. The van der Waals surface area contributed by atoms with Crippen LogP contribution in [0.3, 0.4) is 0 Å². The minimum Gasteiger partial charge on any atom is -0.437 e. The summed E-state index contributed by atoms with van der Waals surface area (Å²) in [6.45, 7) is -2.95. The monoisotopic (exact) mass is 1270 g/mol. The van der Waals surface area contributed by atoms with Gasteiger partial charge in [0.05, 0.1) is 22.3 Å². The standard InChI is InChI=1S/2C29H29N2O.C28H27N2O/c1-18-7-10-20(11-8-18)21-12-15-24(31(6)17-21)26-19(2)9-13-22-23-14-16-25(29(3,4)5)30-28(23)32-27(22)26;1-18-7-10-20(11-8-18)21-15-16-31(6)24(17-21)26-19(2)9-12-22-23-13-14-25(29(3,4)5)30-28(23)32-27(22)26;1-18-13-14-21-22-15-16-23(28(2,3)4)29-27(22)31-26(21)24(18)25-20(12-9-17-30(25)5)19-10-7-6-8-11-19/h2*7-17H,1-6H3;6-17H,1-5H3/q3*+1/i2*3D3,4D3;2D3,3D3. The summed E-state index contributed by atoms with van der Waals surface area (Å²) in [5.74, 6) is 0. The molecular weight excluding hydrogens is 1160 g/mol. The summed E-state index contributed by atoms with van der Waals surface area (Å²) in [6.07, 6.45) is 6.08. The van der Waals surface area contributed by atoms with Gasteiger partial charge in [-0.25, -0.2) is 28.7 Å². The Morgan fingerprint density at radius 2 is 0.768 bits per heavy atom. The van der Waals surface area contributed by atoms with Crippen LogP contribution in [0.25, 0.3) is 133 Å². The van der Waals surface area contributed by atoms with Crippen LogP contribution in [0.15, 0.2) is 220 Å². The van der Waals surface area contributed by atoms with E-state index in [-0.39, 0.29) is 34.2 Å². The van der Waals surface area contributed by atoms with Gasteiger partial charge in [0, 0.05) is 120 Å². The Labute approximate surface area is 583 Å². The molecular formula is C86H85N6O3+3. The van der Waals surface area contributed by atoms with Crippen molar-refractivity contribution in [2.45, 2.75) is 113 Å². The lowest BCUT2D eigenvalue weighted by atomic mass is 9.91. The number of rotatable bonds is 6. The van der Waals surface area contributed by atoms with Crippen molar-refractivity contribution < 1.29 is 51.6 Å². The molecule has 15 rings (SSSR count). The first-order chi connectivity index (χ1) is 52.8. The molecule has 0 aliphatic rings. The molecule has 0 unspecified atom stereocenters. The van der Waals surface area contributed by atoms with Gasteiger partial charge in [-0.05, 0) is 122 Å². The second kappa shape index (κ2) is 24.5. The van der Waals surface area contributed by atoms with Crippen LogP contribution in [0.4, 0.5) is 0 Å². The Balaban J connectivity index is 0.000000148. The molecule has 0 atom stereocenters. The highest BCUT2D eigenvalue weighted by atomic mass is 16.3. The van der Waals surface area contributed by atoms with Crippen molar-refractivity contribution >= 4 is 66.2 Å². The van der Waals surface area contributed by atoms with Gasteiger partial charge < -0.3 is 13.3 Å². The highest BCUT2D eigenvalue weighted by molar-refractivity contribution is 6.11. The van der Waals surface area contributed by atoms with Crippen LogP contribution in [0, 0.1) is 34.6 Å². The number of fused-ring (bicyclic) bond motifs is 9. The third-order valence-electron chi connectivity index (χ3n) is 17.7. The molecule has 95 heavy (non-hydrogen) atoms. The summed E-state index contributed by atoms with van der Waals surface area (Å²) in [7, 11) is 5.95. The minimum absolute atomic E-state index is 0.0460. The molecule has 9 aromatic heterocycles. The molecule has 6 aromatic carbocycles. The van der Waals surface area contributed by atoms with Crippen LogP contribution in [-0.2, 0) is 37.4 Å². The summed E-state index contributed by atoms with van der Waals surface area (Å²) < 4.78 is 169. The number of benzene rings is 6. The minimum atomic E-state index is -2.80. The highest BCUT2D eigenvalue weighted by Crippen LogP contribution is 2.43. The molecule has 0 aliphatic carbocycles. The van der Waals surface area contributed by atoms with E-state index in [9.17, 15) is 0 Å². The highest BCUT2D eigenvalue weighted by Gasteiger charge is 2.29. The third kappa shape index (κ3) is 12.2. The molecule has 474 valence electrons. The zero-order chi connectivity index (χ0) is 82.0. The maximum Gasteiger partial charge on any atom is 0.227 e. The van der Waals surface area contributed by atoms with Gasteiger partial charge in [-0.3, -0.25) is 0 Å². The molecule has 0 radical (unpaired) electrons. The Hall–Kier alpha value is -10.4. The Kier molecular flexibility index (Phi) is 11.6. The molecule has 0 aliphatic heterocycles. The van der Waals surface area contributed by atoms with E-state index in [4.69, 9.17) is 37.9 Å². The van der Waals surface area contributed by atoms with Crippen molar-refractivity contribution in [3.05, 3.63) is 252 Å². The molecule has 0 bridgehead atoms. The molecule has 0 saturated heterocycles. The average Bonchev–Trinajstić information content (AvgIpc) is 1.73. The quantitative estimate of drug-likeness (QED) is 0.154. The number of furan rings is 3. The second-order valence-electron chi connectivity index (χ2n) is 25.5. The lowest BCUT2D eigenvalue weighted by molar-refractivity contribution is -0.660. The van der Waals surface area contributed by atoms with Crippen molar-refractivity contribution in [2.24, 2.45) is 21.1 Å². The predicted molar refractivity (Wildman–Crippen MR) is 390 cm³/mol. The molecule has 9 nitrogen and oxygen atoms in total. The van der Waals surface area contributed by atoms with Crippen molar-refractivity contribution in [2.75, 3.05) is 0 Å². The fraction of sp³-hybridized carbons (Fsp3) is 0.233. The second-order valence-corrected chi connectivity index (χ2v) is 25.5. The van der Waals surface area contributed by atoms with Crippen LogP contribution in [0.2, 0.25) is 0 Å². The van der Waals surface area contributed by atoms with Crippen LogP contribution in [-0.4, -0.2) is 15.0 Å². The van der Waals surface area contributed by atoms with Crippen molar-refractivity contribution in [1.82, 2.24) is 15.0 Å². The number of hydrogen-bond donors (Lipinski definition) is 0. The third-order valence-corrected chi connectivity index (χ3v) is 17.7. The number of hydrogen-bond acceptors (Lipinski definition) is 6. The topological polar surface area (TPSA) is 89.7 Å². The van der Waals surface area contributed by atoms with Gasteiger partial charge in [0.25, 0.3) is 0 Å². The molecule has 0 spiro atoms. The van der Waals surface area contributed by atoms with E-state index in [2.05, 4.69) is 135 Å². The Bertz CT molecular complexity index is 6150. The van der Waals surface area contributed by atoms with E-state index in [1.54, 1.807) is 18.2 Å². The van der Waals surface area contributed by atoms with E-state index in [1.807, 2.05) is 120 Å². The van der Waals surface area contributed by atoms with Gasteiger partial charge in [0.2, 0.25) is 34.2 Å². The molecule has 9 heterocycles. The SMILES string of the molecule is [2H]C([2H])([2H])C(C)(c1ccc2c(n1)oc1c(-c3c(-c4ccccc4)ccc[n+]3C)c(C)ccc12)C([2H])([2H])[2H].[2H]C([2H])([2H])C(C)(c1ccc2c(n1)oc1c(-c3cc(-c4ccc(C)cc4)cc[n+]3C)c(C)ccc12)C([2H])([2H])[2H].[2H]C([2H])([2H])C(C)(c1ccc2c(n1)oc1c(-c3ccc(-c4ccc(C)cc4)c[n+]3C)c(C)ccc12)C([2H])([2H])[2H]. The van der Waals surface area contributed by atoms with E-state index in [1.165, 1.54) is 50.1 Å². The normalized spacial score (nSPS) is 15.7. The largest absolute Gasteiger partial charge is 0.437 e. The van der Waals surface area contributed by atoms with Gasteiger partial charge in [0.15, 0.2) is 35.3 Å². The predicted octanol–water partition coefficient (Wildman–Crippen LogP) is 20.9. The van der Waals surface area contributed by atoms with E-state index in [0.29, 0.717) is 32.9 Å². The van der Waals surface area contributed by atoms with Crippen molar-refractivity contribution in [1.29, 1.82) is 0 Å². The molecule has 15 aromatic rings. The molecule has 0 amide bonds. The zero-order valence-corrected chi connectivity index (χ0v) is 55.0. The van der Waals surface area contributed by atoms with Gasteiger partial charge in [-0.1, -0.05) is 188 Å². The van der Waals surface area contributed by atoms with Crippen LogP contribution < -0.4 is 13.7 Å². The van der Waals surface area contributed by atoms with Gasteiger partial charge in [0.1, 0.15) is 21.1 Å². The molecule has 0 saturated carbocycles. The number of aryl methyl sites for hydroxylation is 8. The Morgan fingerprint density at radius 3 is 1.23 bits per heavy atom. The van der Waals surface area contributed by atoms with Gasteiger partial charge in [-0.15, -0.1) is 0 Å². The van der Waals surface area contributed by atoms with Gasteiger partial charge >= 0.3 is 0 Å². The fourth-order valence-corrected chi connectivity index (χ4v) is 12.5. The molecule has 0 N–H and O–H groups in total. The summed E-state index contributed by atoms with van der Waals surface area (Å²) in [5.41, 5.74) is 13.3. The maximum absolute atomic E-state index is 8.00. The summed E-state index contributed by atoms with van der Waals surface area (Å²) in [4.78, 5) is 13.4. The van der Waals surface area contributed by atoms with E-state index in [0.717, 1.165) is 100 Å². The molecule has 0 fully saturated rings. The van der Waals surface area contributed by atoms with Crippen LogP contribution >= 0.6 is 0 Å². The summed E-state index contributed by atoms with van der Waals surface area (Å²) >= 11 is 0. The van der Waals surface area contributed by atoms with Crippen molar-refractivity contribution in [3.8, 4) is 67.2 Å². The summed E-state index contributed by atoms with van der Waals surface area (Å²) in [5, 5.41) is 4.56. The first-order valence-corrected chi connectivity index (χ1v) is 31.5. The smallest absolute Gasteiger partial charge is 0.227 e. The Morgan fingerprint density at radius 1 is 0.347 bits per heavy atom. The first-order valence-electron chi connectivity index (χ1n) is 40.5. The zero-order valence-electron chi connectivity index (χ0n) is 73.0. The lowest BCUT2D eigenvalue weighted by Gasteiger charge is -2.16. The average molecular weight is 1270 g/mol. The van der Waals surface area contributed by atoms with Crippen LogP contribution in [0.5, 0.6) is 0 Å². The van der Waals surface area contributed by atoms with E-state index >= 15 is 0 Å². The van der Waals surface area contributed by atoms with Crippen LogP contribution in [0.1, 0.15) is 131 Å². The van der Waals surface area contributed by atoms with Gasteiger partial charge in [-0.2, -0.15) is 0 Å². The fourth-order valence-electron chi connectivity index (χ4n) is 12.5. The lowest BCUT2D eigenvalue weighted by Crippen LogP contribution is -2.31. The number of nitrogens with zero attached hydrogens (tertiary/aromatic N) is 6.